The Morgan fingerprint density at radius 3 is 2.96 bits per heavy atom. The molecular weight excluding hydrogens is 344 g/mol. The lowest BCUT2D eigenvalue weighted by molar-refractivity contribution is 0.0986. The summed E-state index contributed by atoms with van der Waals surface area (Å²) in [4.78, 5) is 19.5. The van der Waals surface area contributed by atoms with Gasteiger partial charge in [0.05, 0.1) is 16.2 Å². The summed E-state index contributed by atoms with van der Waals surface area (Å²) < 4.78 is 0. The third kappa shape index (κ3) is 2.34. The molecule has 3 heterocycles. The van der Waals surface area contributed by atoms with E-state index in [0.717, 1.165) is 39.3 Å². The molecule has 2 aromatic carbocycles. The van der Waals surface area contributed by atoms with Crippen LogP contribution in [0.1, 0.15) is 21.1 Å². The van der Waals surface area contributed by atoms with Gasteiger partial charge in [0, 0.05) is 28.6 Å². The number of aromatic nitrogens is 3. The van der Waals surface area contributed by atoms with Gasteiger partial charge in [0.25, 0.3) is 5.91 Å². The third-order valence-corrected chi connectivity index (χ3v) is 5.58. The van der Waals surface area contributed by atoms with Crippen LogP contribution >= 0.6 is 11.3 Å². The van der Waals surface area contributed by atoms with Crippen molar-refractivity contribution in [2.24, 2.45) is 0 Å². The van der Waals surface area contributed by atoms with Gasteiger partial charge in [0.2, 0.25) is 0 Å². The zero-order chi connectivity index (χ0) is 17.7. The fourth-order valence-corrected chi connectivity index (χ4v) is 4.14. The molecule has 4 aromatic rings. The number of aromatic amines is 1. The molecule has 1 amide bonds. The standard InChI is InChI=1S/C20H16N4OS/c1-12-21-17(11-26-12)13-6-7-18-14(10-13)8-9-24(18)20(25)19-15-4-2-3-5-16(15)22-23-19/h2-7,10-11H,8-9H2,1H3,(H,22,23). The monoisotopic (exact) mass is 360 g/mol. The van der Waals surface area contributed by atoms with Crippen molar-refractivity contribution >= 4 is 33.8 Å². The number of fused-ring (bicyclic) bond motifs is 2. The first-order chi connectivity index (χ1) is 12.7. The van der Waals surface area contributed by atoms with Crippen molar-refractivity contribution in [1.82, 2.24) is 15.2 Å². The predicted octanol–water partition coefficient (Wildman–Crippen LogP) is 4.20. The minimum atomic E-state index is -0.0570. The molecule has 0 aliphatic carbocycles. The van der Waals surface area contributed by atoms with Crippen LogP contribution in [0, 0.1) is 6.92 Å². The highest BCUT2D eigenvalue weighted by Gasteiger charge is 2.28. The van der Waals surface area contributed by atoms with Gasteiger partial charge in [-0.3, -0.25) is 9.89 Å². The van der Waals surface area contributed by atoms with Crippen LogP contribution < -0.4 is 4.90 Å². The average molecular weight is 360 g/mol. The van der Waals surface area contributed by atoms with Crippen LogP contribution in [0.5, 0.6) is 0 Å². The summed E-state index contributed by atoms with van der Waals surface area (Å²) in [5.74, 6) is -0.0570. The maximum Gasteiger partial charge on any atom is 0.279 e. The van der Waals surface area contributed by atoms with Gasteiger partial charge in [-0.2, -0.15) is 5.10 Å². The SMILES string of the molecule is Cc1nc(-c2ccc3c(c2)CCN3C(=O)c2n[nH]c3ccccc23)cs1. The number of rotatable bonds is 2. The second-order valence-electron chi connectivity index (χ2n) is 6.42. The number of aryl methyl sites for hydroxylation is 1. The Balaban J connectivity index is 1.51. The number of carbonyl (C=O) groups is 1. The van der Waals surface area contributed by atoms with E-state index in [-0.39, 0.29) is 5.91 Å². The largest absolute Gasteiger partial charge is 0.306 e. The topological polar surface area (TPSA) is 61.9 Å². The van der Waals surface area contributed by atoms with Crippen LogP contribution in [-0.4, -0.2) is 27.6 Å². The summed E-state index contributed by atoms with van der Waals surface area (Å²) >= 11 is 1.65. The number of hydrogen-bond acceptors (Lipinski definition) is 4. The molecule has 5 nitrogen and oxygen atoms in total. The number of carbonyl (C=O) groups excluding carboxylic acids is 1. The molecule has 0 saturated heterocycles. The number of hydrogen-bond donors (Lipinski definition) is 1. The lowest BCUT2D eigenvalue weighted by atomic mass is 10.1. The molecule has 0 saturated carbocycles. The van der Waals surface area contributed by atoms with E-state index in [1.807, 2.05) is 48.2 Å². The molecule has 1 N–H and O–H groups in total. The summed E-state index contributed by atoms with van der Waals surface area (Å²) in [6.45, 7) is 2.69. The molecule has 0 radical (unpaired) electrons. The van der Waals surface area contributed by atoms with E-state index in [2.05, 4.69) is 26.6 Å². The number of nitrogens with one attached hydrogen (secondary N) is 1. The fourth-order valence-electron chi connectivity index (χ4n) is 3.52. The van der Waals surface area contributed by atoms with Gasteiger partial charge in [-0.15, -0.1) is 11.3 Å². The second kappa shape index (κ2) is 5.78. The van der Waals surface area contributed by atoms with Crippen LogP contribution in [0.15, 0.2) is 47.8 Å². The van der Waals surface area contributed by atoms with Crippen LogP contribution in [-0.2, 0) is 6.42 Å². The minimum Gasteiger partial charge on any atom is -0.306 e. The number of nitrogens with zero attached hydrogens (tertiary/aromatic N) is 3. The number of benzene rings is 2. The summed E-state index contributed by atoms with van der Waals surface area (Å²) in [7, 11) is 0. The highest BCUT2D eigenvalue weighted by Crippen LogP contribution is 2.34. The van der Waals surface area contributed by atoms with Gasteiger partial charge in [0.15, 0.2) is 5.69 Å². The van der Waals surface area contributed by atoms with E-state index in [1.54, 1.807) is 11.3 Å². The van der Waals surface area contributed by atoms with E-state index >= 15 is 0 Å². The third-order valence-electron chi connectivity index (χ3n) is 4.81. The van der Waals surface area contributed by atoms with Gasteiger partial charge < -0.3 is 4.90 Å². The molecule has 2 aromatic heterocycles. The van der Waals surface area contributed by atoms with Crippen molar-refractivity contribution in [2.75, 3.05) is 11.4 Å². The highest BCUT2D eigenvalue weighted by molar-refractivity contribution is 7.09. The van der Waals surface area contributed by atoms with Crippen molar-refractivity contribution in [3.63, 3.8) is 0 Å². The number of anilines is 1. The molecule has 0 spiro atoms. The zero-order valence-corrected chi connectivity index (χ0v) is 15.0. The Bertz CT molecular complexity index is 1140. The Hall–Kier alpha value is -2.99. The first-order valence-electron chi connectivity index (χ1n) is 8.51. The first-order valence-corrected chi connectivity index (χ1v) is 9.39. The Labute approximate surface area is 154 Å². The molecule has 26 heavy (non-hydrogen) atoms. The maximum absolute atomic E-state index is 13.1. The van der Waals surface area contributed by atoms with Crippen molar-refractivity contribution in [2.45, 2.75) is 13.3 Å². The molecular formula is C20H16N4OS. The average Bonchev–Trinajstić information content (AvgIpc) is 3.38. The predicted molar refractivity (Wildman–Crippen MR) is 104 cm³/mol. The smallest absolute Gasteiger partial charge is 0.279 e. The Morgan fingerprint density at radius 1 is 1.23 bits per heavy atom. The summed E-state index contributed by atoms with van der Waals surface area (Å²) in [6, 6.07) is 13.9. The van der Waals surface area contributed by atoms with Crippen LogP contribution in [0.3, 0.4) is 0 Å². The van der Waals surface area contributed by atoms with Crippen molar-refractivity contribution in [3.8, 4) is 11.3 Å². The van der Waals surface area contributed by atoms with Gasteiger partial charge >= 0.3 is 0 Å². The number of thiazole rings is 1. The van der Waals surface area contributed by atoms with Crippen molar-refractivity contribution in [3.05, 3.63) is 64.1 Å². The molecule has 1 aliphatic heterocycles. The van der Waals surface area contributed by atoms with Crippen molar-refractivity contribution < 1.29 is 4.79 Å². The quantitative estimate of drug-likeness (QED) is 0.583. The van der Waals surface area contributed by atoms with Gasteiger partial charge in [-0.25, -0.2) is 4.98 Å². The summed E-state index contributed by atoms with van der Waals surface area (Å²) in [5.41, 5.74) is 5.61. The van der Waals surface area contributed by atoms with Crippen LogP contribution in [0.25, 0.3) is 22.2 Å². The van der Waals surface area contributed by atoms with Crippen molar-refractivity contribution in [1.29, 1.82) is 0 Å². The molecule has 0 unspecified atom stereocenters. The number of para-hydroxylation sites is 1. The minimum absolute atomic E-state index is 0.0570. The van der Waals surface area contributed by atoms with E-state index in [9.17, 15) is 4.79 Å². The molecule has 5 rings (SSSR count). The lowest BCUT2D eigenvalue weighted by Crippen LogP contribution is -2.29. The maximum atomic E-state index is 13.1. The molecule has 1 aliphatic rings. The van der Waals surface area contributed by atoms with Gasteiger partial charge in [0.1, 0.15) is 0 Å². The normalized spacial score (nSPS) is 13.3. The van der Waals surface area contributed by atoms with E-state index in [4.69, 9.17) is 0 Å². The number of amides is 1. The van der Waals surface area contributed by atoms with Gasteiger partial charge in [-0.05, 0) is 37.1 Å². The molecule has 0 fully saturated rings. The molecule has 128 valence electrons. The van der Waals surface area contributed by atoms with Crippen LogP contribution in [0.4, 0.5) is 5.69 Å². The molecule has 0 atom stereocenters. The summed E-state index contributed by atoms with van der Waals surface area (Å²) in [5, 5.41) is 11.2. The van der Waals surface area contributed by atoms with E-state index in [1.165, 1.54) is 5.56 Å². The Kier molecular flexibility index (Phi) is 3.39. The lowest BCUT2D eigenvalue weighted by Gasteiger charge is -2.16. The summed E-state index contributed by atoms with van der Waals surface area (Å²) in [6.07, 6.45) is 0.848. The van der Waals surface area contributed by atoms with Gasteiger partial charge in [-0.1, -0.05) is 24.3 Å². The number of H-pyrrole nitrogens is 1. The Morgan fingerprint density at radius 2 is 2.12 bits per heavy atom. The molecule has 0 bridgehead atoms. The molecule has 6 heteroatoms. The first kappa shape index (κ1) is 15.3. The fraction of sp³-hybridized carbons (Fsp3) is 0.150. The zero-order valence-electron chi connectivity index (χ0n) is 14.2. The van der Waals surface area contributed by atoms with E-state index < -0.39 is 0 Å². The van der Waals surface area contributed by atoms with E-state index in [0.29, 0.717) is 12.2 Å². The second-order valence-corrected chi connectivity index (χ2v) is 7.48. The van der Waals surface area contributed by atoms with Crippen LogP contribution in [0.2, 0.25) is 0 Å². The highest BCUT2D eigenvalue weighted by atomic mass is 32.1.